The summed E-state index contributed by atoms with van der Waals surface area (Å²) in [4.78, 5) is 54.6. The van der Waals surface area contributed by atoms with Crippen LogP contribution in [0, 0.1) is 17.8 Å². The fourth-order valence-corrected chi connectivity index (χ4v) is 6.11. The first-order chi connectivity index (χ1) is 24.9. The van der Waals surface area contributed by atoms with Crippen LogP contribution in [0.2, 0.25) is 0 Å². The molecule has 7 unspecified atom stereocenters. The van der Waals surface area contributed by atoms with Crippen LogP contribution >= 0.6 is 0 Å². The average Bonchev–Trinajstić information content (AvgIpc) is 3.16. The highest BCUT2D eigenvalue weighted by Crippen LogP contribution is 2.24. The Morgan fingerprint density at radius 1 is 0.692 bits per heavy atom. The number of esters is 1. The third-order valence-corrected chi connectivity index (χ3v) is 9.48. The number of Topliss-reactive ketones (excluding diaryl/α,β-unsaturated/α-hetero) is 3. The number of nitrogens with two attached hydrogens (primary N) is 3. The number of carbonyl (C=O) groups excluding carboxylic acids is 4. The number of anilines is 1. The van der Waals surface area contributed by atoms with Crippen LogP contribution in [0.5, 0.6) is 0 Å². The molecule has 0 heterocycles. The van der Waals surface area contributed by atoms with Crippen LogP contribution in [0.25, 0.3) is 0 Å². The SMILES string of the molecule is CC(CC(=O)OCc1ccccc1)C(N)C(=O)C(Cc1ccccc1)C(O)C(NCc1ccccc1)C(=O)C(C)C(N)C(=O)Cc1ccc(N)cc1. The number of ether oxygens (including phenoxy) is 1. The van der Waals surface area contributed by atoms with Gasteiger partial charge in [-0.25, -0.2) is 0 Å². The highest BCUT2D eigenvalue weighted by atomic mass is 16.5. The van der Waals surface area contributed by atoms with Crippen LogP contribution in [0.15, 0.2) is 115 Å². The van der Waals surface area contributed by atoms with Crippen molar-refractivity contribution in [3.8, 4) is 0 Å². The van der Waals surface area contributed by atoms with Gasteiger partial charge in [-0.15, -0.1) is 0 Å². The van der Waals surface area contributed by atoms with Gasteiger partial charge in [0.15, 0.2) is 17.3 Å². The average molecular weight is 707 g/mol. The molecule has 0 bridgehead atoms. The van der Waals surface area contributed by atoms with Crippen molar-refractivity contribution in [3.63, 3.8) is 0 Å². The third kappa shape index (κ3) is 11.5. The van der Waals surface area contributed by atoms with Gasteiger partial charge >= 0.3 is 5.97 Å². The monoisotopic (exact) mass is 706 g/mol. The quantitative estimate of drug-likeness (QED) is 0.0665. The Balaban J connectivity index is 1.56. The Kier molecular flexibility index (Phi) is 15.0. The van der Waals surface area contributed by atoms with Crippen molar-refractivity contribution in [3.05, 3.63) is 138 Å². The van der Waals surface area contributed by atoms with Gasteiger partial charge in [-0.1, -0.05) is 117 Å². The molecule has 0 saturated heterocycles. The van der Waals surface area contributed by atoms with Crippen LogP contribution in [-0.4, -0.2) is 52.7 Å². The Labute approximate surface area is 305 Å². The van der Waals surface area contributed by atoms with Crippen molar-refractivity contribution in [1.29, 1.82) is 0 Å². The van der Waals surface area contributed by atoms with Gasteiger partial charge in [0.2, 0.25) is 0 Å². The lowest BCUT2D eigenvalue weighted by molar-refractivity contribution is -0.146. The maximum Gasteiger partial charge on any atom is 0.306 e. The topological polar surface area (TPSA) is 188 Å². The lowest BCUT2D eigenvalue weighted by Crippen LogP contribution is -2.57. The van der Waals surface area contributed by atoms with Crippen LogP contribution in [0.1, 0.15) is 42.5 Å². The summed E-state index contributed by atoms with van der Waals surface area (Å²) in [5, 5.41) is 15.3. The molecule has 0 aliphatic rings. The van der Waals surface area contributed by atoms with Crippen molar-refractivity contribution in [2.45, 2.75) is 70.5 Å². The summed E-state index contributed by atoms with van der Waals surface area (Å²) >= 11 is 0. The molecule has 0 aromatic heterocycles. The van der Waals surface area contributed by atoms with Crippen LogP contribution in [0.4, 0.5) is 5.69 Å². The largest absolute Gasteiger partial charge is 0.461 e. The third-order valence-electron chi connectivity index (χ3n) is 9.48. The molecule has 10 nitrogen and oxygen atoms in total. The lowest BCUT2D eigenvalue weighted by Gasteiger charge is -2.33. The second kappa shape index (κ2) is 19.6. The predicted octanol–water partition coefficient (Wildman–Crippen LogP) is 3.96. The molecular weight excluding hydrogens is 656 g/mol. The van der Waals surface area contributed by atoms with Crippen molar-refractivity contribution >= 4 is 29.0 Å². The number of aliphatic hydroxyl groups is 1. The molecular formula is C42H50N4O6. The van der Waals surface area contributed by atoms with Gasteiger partial charge in [0.1, 0.15) is 6.61 Å². The second-order valence-corrected chi connectivity index (χ2v) is 13.5. The van der Waals surface area contributed by atoms with Gasteiger partial charge in [-0.3, -0.25) is 19.2 Å². The molecule has 0 fully saturated rings. The minimum atomic E-state index is -1.56. The molecule has 0 amide bonds. The summed E-state index contributed by atoms with van der Waals surface area (Å²) in [6.07, 6.45) is -1.61. The first-order valence-corrected chi connectivity index (χ1v) is 17.6. The molecule has 0 spiro atoms. The minimum Gasteiger partial charge on any atom is -0.461 e. The maximum atomic E-state index is 14.3. The molecule has 0 aliphatic heterocycles. The summed E-state index contributed by atoms with van der Waals surface area (Å²) in [5.41, 5.74) is 22.4. The zero-order valence-corrected chi connectivity index (χ0v) is 29.8. The first kappa shape index (κ1) is 39.8. The highest BCUT2D eigenvalue weighted by Gasteiger charge is 2.42. The van der Waals surface area contributed by atoms with E-state index in [0.717, 1.165) is 16.7 Å². The summed E-state index contributed by atoms with van der Waals surface area (Å²) < 4.78 is 5.43. The van der Waals surface area contributed by atoms with E-state index in [1.807, 2.05) is 91.0 Å². The number of ketones is 3. The second-order valence-electron chi connectivity index (χ2n) is 13.5. The molecule has 10 heteroatoms. The van der Waals surface area contributed by atoms with Crippen LogP contribution in [-0.2, 0) is 49.9 Å². The van der Waals surface area contributed by atoms with E-state index in [1.165, 1.54) is 0 Å². The molecule has 8 N–H and O–H groups in total. The summed E-state index contributed by atoms with van der Waals surface area (Å²) in [7, 11) is 0. The summed E-state index contributed by atoms with van der Waals surface area (Å²) in [5.74, 6) is -4.67. The smallest absolute Gasteiger partial charge is 0.306 e. The molecule has 4 aromatic carbocycles. The number of benzene rings is 4. The fourth-order valence-electron chi connectivity index (χ4n) is 6.11. The van der Waals surface area contributed by atoms with Crippen molar-refractivity contribution in [1.82, 2.24) is 5.32 Å². The number of rotatable bonds is 20. The van der Waals surface area contributed by atoms with E-state index in [0.29, 0.717) is 11.3 Å². The lowest BCUT2D eigenvalue weighted by atomic mass is 9.77. The predicted molar refractivity (Wildman–Crippen MR) is 201 cm³/mol. The molecule has 0 saturated carbocycles. The van der Waals surface area contributed by atoms with Gasteiger partial charge in [-0.2, -0.15) is 0 Å². The van der Waals surface area contributed by atoms with E-state index >= 15 is 0 Å². The molecule has 7 atom stereocenters. The number of aliphatic hydroxyl groups excluding tert-OH is 1. The van der Waals surface area contributed by atoms with Gasteiger partial charge in [0.25, 0.3) is 0 Å². The molecule has 0 radical (unpaired) electrons. The number of hydrogen-bond acceptors (Lipinski definition) is 10. The zero-order chi connectivity index (χ0) is 37.6. The maximum absolute atomic E-state index is 14.3. The van der Waals surface area contributed by atoms with E-state index in [1.54, 1.807) is 38.1 Å². The van der Waals surface area contributed by atoms with E-state index < -0.39 is 59.5 Å². The first-order valence-electron chi connectivity index (χ1n) is 17.6. The van der Waals surface area contributed by atoms with Crippen molar-refractivity contribution in [2.24, 2.45) is 29.2 Å². The number of nitrogen functional groups attached to an aromatic ring is 1. The Morgan fingerprint density at radius 2 is 1.23 bits per heavy atom. The number of hydrogen-bond donors (Lipinski definition) is 5. The number of nitrogens with one attached hydrogen (secondary N) is 1. The molecule has 274 valence electrons. The fraction of sp³-hybridized carbons (Fsp3) is 0.333. The minimum absolute atomic E-state index is 0.000621. The van der Waals surface area contributed by atoms with E-state index in [2.05, 4.69) is 5.32 Å². The van der Waals surface area contributed by atoms with Crippen LogP contribution in [0.3, 0.4) is 0 Å². The van der Waals surface area contributed by atoms with E-state index in [-0.39, 0.29) is 38.2 Å². The normalized spacial score (nSPS) is 15.3. The highest BCUT2D eigenvalue weighted by molar-refractivity contribution is 5.96. The molecule has 0 aliphatic carbocycles. The molecule has 4 aromatic rings. The van der Waals surface area contributed by atoms with Gasteiger partial charge in [0, 0.05) is 31.0 Å². The summed E-state index contributed by atoms with van der Waals surface area (Å²) in [6.45, 7) is 3.52. The molecule has 4 rings (SSSR count). The Bertz CT molecular complexity index is 1740. The number of carbonyl (C=O) groups is 4. The molecule has 52 heavy (non-hydrogen) atoms. The van der Waals surface area contributed by atoms with E-state index in [9.17, 15) is 24.3 Å². The van der Waals surface area contributed by atoms with Gasteiger partial charge in [0.05, 0.1) is 30.1 Å². The van der Waals surface area contributed by atoms with Crippen molar-refractivity contribution in [2.75, 3.05) is 5.73 Å². The Hall–Kier alpha value is -5.00. The van der Waals surface area contributed by atoms with E-state index in [4.69, 9.17) is 21.9 Å². The van der Waals surface area contributed by atoms with Crippen LogP contribution < -0.4 is 22.5 Å². The van der Waals surface area contributed by atoms with Gasteiger partial charge in [-0.05, 0) is 46.7 Å². The Morgan fingerprint density at radius 3 is 1.81 bits per heavy atom. The zero-order valence-electron chi connectivity index (χ0n) is 29.8. The van der Waals surface area contributed by atoms with Gasteiger partial charge < -0.3 is 32.4 Å². The summed E-state index contributed by atoms with van der Waals surface area (Å²) in [6, 6.07) is 30.9. The van der Waals surface area contributed by atoms with Crippen molar-refractivity contribution < 1.29 is 29.0 Å². The standard InChI is InChI=1S/C42H50N4O6/c1-27(22-36(48)52-26-32-16-10-5-11-17-32)37(44)41(50)34(23-29-12-6-3-7-13-29)42(51)39(46-25-31-14-8-4-9-15-31)40(49)28(2)38(45)35(47)24-30-18-20-33(43)21-19-30/h3-21,27-28,34,37-39,42,46,51H,22-26,43-45H2,1-2H3.